The number of anilines is 1. The molecular formula is C14H23N3O3S. The second-order valence-corrected chi connectivity index (χ2v) is 7.52. The molecule has 6 nitrogen and oxygen atoms in total. The number of para-hydroxylation sites is 1. The van der Waals surface area contributed by atoms with Crippen molar-refractivity contribution < 1.29 is 13.2 Å². The predicted molar refractivity (Wildman–Crippen MR) is 83.7 cm³/mol. The Morgan fingerprint density at radius 3 is 2.43 bits per heavy atom. The van der Waals surface area contributed by atoms with Gasteiger partial charge < -0.3 is 11.5 Å². The fourth-order valence-corrected chi connectivity index (χ4v) is 3.50. The summed E-state index contributed by atoms with van der Waals surface area (Å²) in [5.74, 6) is -0.431. The molecule has 7 heteroatoms. The lowest BCUT2D eigenvalue weighted by molar-refractivity contribution is -0.118. The number of primary amides is 1. The summed E-state index contributed by atoms with van der Waals surface area (Å²) < 4.78 is 25.8. The van der Waals surface area contributed by atoms with E-state index < -0.39 is 15.9 Å². The van der Waals surface area contributed by atoms with Gasteiger partial charge in [0.05, 0.1) is 12.3 Å². The highest BCUT2D eigenvalue weighted by Crippen LogP contribution is 2.17. The fraction of sp³-hybridized carbons (Fsp3) is 0.500. The van der Waals surface area contributed by atoms with Crippen LogP contribution >= 0.6 is 0 Å². The summed E-state index contributed by atoms with van der Waals surface area (Å²) in [5.41, 5.74) is 12.1. The van der Waals surface area contributed by atoms with E-state index in [1.807, 2.05) is 13.8 Å². The maximum atomic E-state index is 12.4. The number of amides is 1. The second-order valence-electron chi connectivity index (χ2n) is 5.43. The summed E-state index contributed by atoms with van der Waals surface area (Å²) in [7, 11) is -3.55. The number of carbonyl (C=O) groups excluding carboxylic acids is 1. The van der Waals surface area contributed by atoms with Gasteiger partial charge in [0.2, 0.25) is 15.9 Å². The van der Waals surface area contributed by atoms with Gasteiger partial charge in [-0.05, 0) is 24.0 Å². The number of hydrogen-bond acceptors (Lipinski definition) is 4. The zero-order valence-electron chi connectivity index (χ0n) is 12.5. The van der Waals surface area contributed by atoms with Gasteiger partial charge >= 0.3 is 0 Å². The number of nitrogen functional groups attached to an aromatic ring is 1. The fourth-order valence-electron chi connectivity index (χ4n) is 1.81. The average Bonchev–Trinajstić information content (AvgIpc) is 2.38. The van der Waals surface area contributed by atoms with Gasteiger partial charge in [-0.25, -0.2) is 8.42 Å². The van der Waals surface area contributed by atoms with Crippen LogP contribution in [0.1, 0.15) is 25.8 Å². The Morgan fingerprint density at radius 2 is 1.90 bits per heavy atom. The molecule has 0 spiro atoms. The molecule has 0 atom stereocenters. The standard InChI is InChI=1S/C14H23N3O3S/c1-11(2)7-8-21(19,20)17(10-14(16)18)9-12-5-3-4-6-13(12)15/h3-6,11H,7-10,15H2,1-2H3,(H2,16,18). The maximum absolute atomic E-state index is 12.4. The first-order valence-electron chi connectivity index (χ1n) is 6.82. The van der Waals surface area contributed by atoms with E-state index in [1.165, 1.54) is 0 Å². The molecule has 1 aromatic carbocycles. The quantitative estimate of drug-likeness (QED) is 0.696. The number of hydrogen-bond donors (Lipinski definition) is 2. The van der Waals surface area contributed by atoms with Crippen LogP contribution in [0.3, 0.4) is 0 Å². The van der Waals surface area contributed by atoms with Crippen LogP contribution in [0.5, 0.6) is 0 Å². The van der Waals surface area contributed by atoms with Crippen molar-refractivity contribution >= 4 is 21.6 Å². The van der Waals surface area contributed by atoms with Crippen LogP contribution in [0.25, 0.3) is 0 Å². The van der Waals surface area contributed by atoms with E-state index in [2.05, 4.69) is 0 Å². The number of sulfonamides is 1. The number of nitrogens with two attached hydrogens (primary N) is 2. The molecule has 1 amide bonds. The van der Waals surface area contributed by atoms with E-state index in [0.29, 0.717) is 17.7 Å². The summed E-state index contributed by atoms with van der Waals surface area (Å²) >= 11 is 0. The number of carbonyl (C=O) groups is 1. The van der Waals surface area contributed by atoms with E-state index in [-0.39, 0.29) is 24.8 Å². The molecule has 0 aliphatic rings. The van der Waals surface area contributed by atoms with Crippen LogP contribution in [-0.2, 0) is 21.4 Å². The zero-order valence-corrected chi connectivity index (χ0v) is 13.3. The zero-order chi connectivity index (χ0) is 16.0. The monoisotopic (exact) mass is 313 g/mol. The van der Waals surface area contributed by atoms with Crippen molar-refractivity contribution in [2.24, 2.45) is 11.7 Å². The molecule has 0 unspecified atom stereocenters. The van der Waals surface area contributed by atoms with E-state index in [4.69, 9.17) is 11.5 Å². The van der Waals surface area contributed by atoms with Crippen molar-refractivity contribution in [2.45, 2.75) is 26.8 Å². The van der Waals surface area contributed by atoms with Crippen LogP contribution in [0.15, 0.2) is 24.3 Å². The first-order valence-corrected chi connectivity index (χ1v) is 8.43. The Labute approximate surface area is 126 Å². The van der Waals surface area contributed by atoms with E-state index in [1.54, 1.807) is 24.3 Å². The highest BCUT2D eigenvalue weighted by atomic mass is 32.2. The number of nitrogens with zero attached hydrogens (tertiary/aromatic N) is 1. The van der Waals surface area contributed by atoms with Crippen LogP contribution in [0.4, 0.5) is 5.69 Å². The van der Waals surface area contributed by atoms with Crippen LogP contribution in [-0.4, -0.2) is 30.9 Å². The SMILES string of the molecule is CC(C)CCS(=O)(=O)N(CC(N)=O)Cc1ccccc1N. The van der Waals surface area contributed by atoms with Gasteiger partial charge in [0.1, 0.15) is 0 Å². The number of benzene rings is 1. The molecule has 0 fully saturated rings. The lowest BCUT2D eigenvalue weighted by Crippen LogP contribution is -2.39. The Morgan fingerprint density at radius 1 is 1.29 bits per heavy atom. The van der Waals surface area contributed by atoms with E-state index in [0.717, 1.165) is 4.31 Å². The maximum Gasteiger partial charge on any atom is 0.232 e. The van der Waals surface area contributed by atoms with Gasteiger partial charge in [0.25, 0.3) is 0 Å². The van der Waals surface area contributed by atoms with Gasteiger partial charge in [0.15, 0.2) is 0 Å². The Kier molecular flexibility index (Phi) is 6.17. The topological polar surface area (TPSA) is 106 Å². The molecule has 0 aliphatic heterocycles. The third-order valence-electron chi connectivity index (χ3n) is 3.08. The molecule has 0 aromatic heterocycles. The molecule has 21 heavy (non-hydrogen) atoms. The molecule has 1 rings (SSSR count). The molecular weight excluding hydrogens is 290 g/mol. The molecule has 0 bridgehead atoms. The van der Waals surface area contributed by atoms with Crippen LogP contribution < -0.4 is 11.5 Å². The summed E-state index contributed by atoms with van der Waals surface area (Å²) in [6, 6.07) is 6.97. The Balaban J connectivity index is 2.95. The molecule has 1 aromatic rings. The smallest absolute Gasteiger partial charge is 0.232 e. The van der Waals surface area contributed by atoms with Crippen molar-refractivity contribution in [3.63, 3.8) is 0 Å². The third kappa shape index (κ3) is 5.73. The van der Waals surface area contributed by atoms with Crippen molar-refractivity contribution in [3.05, 3.63) is 29.8 Å². The molecule has 0 aliphatic carbocycles. The van der Waals surface area contributed by atoms with Gasteiger partial charge in [0, 0.05) is 12.2 Å². The number of rotatable bonds is 8. The molecule has 4 N–H and O–H groups in total. The minimum Gasteiger partial charge on any atom is -0.398 e. The molecule has 0 saturated carbocycles. The lowest BCUT2D eigenvalue weighted by atomic mass is 10.2. The predicted octanol–water partition coefficient (Wildman–Crippen LogP) is 0.932. The lowest BCUT2D eigenvalue weighted by Gasteiger charge is -2.22. The third-order valence-corrected chi connectivity index (χ3v) is 4.88. The first-order chi connectivity index (χ1) is 9.72. The Bertz CT molecular complexity index is 585. The van der Waals surface area contributed by atoms with Gasteiger partial charge in [-0.3, -0.25) is 4.79 Å². The van der Waals surface area contributed by atoms with Crippen LogP contribution in [0.2, 0.25) is 0 Å². The normalized spacial score (nSPS) is 12.0. The summed E-state index contributed by atoms with van der Waals surface area (Å²) in [6.45, 7) is 3.61. The molecule has 118 valence electrons. The van der Waals surface area contributed by atoms with Crippen molar-refractivity contribution in [1.29, 1.82) is 0 Å². The minimum absolute atomic E-state index is 0.00924. The molecule has 0 radical (unpaired) electrons. The van der Waals surface area contributed by atoms with E-state index >= 15 is 0 Å². The van der Waals surface area contributed by atoms with Crippen molar-refractivity contribution in [1.82, 2.24) is 4.31 Å². The van der Waals surface area contributed by atoms with E-state index in [9.17, 15) is 13.2 Å². The summed E-state index contributed by atoms with van der Waals surface area (Å²) in [5, 5.41) is 0. The van der Waals surface area contributed by atoms with Gasteiger partial charge in [-0.2, -0.15) is 4.31 Å². The molecule has 0 heterocycles. The highest BCUT2D eigenvalue weighted by Gasteiger charge is 2.24. The van der Waals surface area contributed by atoms with Crippen molar-refractivity contribution in [3.8, 4) is 0 Å². The summed E-state index contributed by atoms with van der Waals surface area (Å²) in [4.78, 5) is 11.2. The Hall–Kier alpha value is -1.60. The van der Waals surface area contributed by atoms with Gasteiger partial charge in [-0.15, -0.1) is 0 Å². The summed E-state index contributed by atoms with van der Waals surface area (Å²) in [6.07, 6.45) is 0.530. The largest absolute Gasteiger partial charge is 0.398 e. The minimum atomic E-state index is -3.55. The van der Waals surface area contributed by atoms with Gasteiger partial charge in [-0.1, -0.05) is 32.0 Å². The van der Waals surface area contributed by atoms with Crippen molar-refractivity contribution in [2.75, 3.05) is 18.0 Å². The van der Waals surface area contributed by atoms with Crippen LogP contribution in [0, 0.1) is 5.92 Å². The average molecular weight is 313 g/mol. The first kappa shape index (κ1) is 17.5. The molecule has 0 saturated heterocycles. The second kappa shape index (κ2) is 7.42. The highest BCUT2D eigenvalue weighted by molar-refractivity contribution is 7.89.